The second-order valence-electron chi connectivity index (χ2n) is 6.75. The Morgan fingerprint density at radius 2 is 1.85 bits per heavy atom. The normalized spacial score (nSPS) is 11.0. The second kappa shape index (κ2) is 10.6. The Hall–Kier alpha value is -3.95. The number of hydrogen-bond acceptors (Lipinski definition) is 7. The Morgan fingerprint density at radius 1 is 1.12 bits per heavy atom. The number of nitrogens with two attached hydrogens (primary N) is 1. The lowest BCUT2D eigenvalue weighted by Gasteiger charge is -2.13. The molecule has 0 radical (unpaired) electrons. The van der Waals surface area contributed by atoms with Gasteiger partial charge in [-0.3, -0.25) is 4.98 Å². The summed E-state index contributed by atoms with van der Waals surface area (Å²) in [4.78, 5) is 21.1. The molecule has 9 nitrogen and oxygen atoms in total. The fourth-order valence-corrected chi connectivity index (χ4v) is 3.16. The third kappa shape index (κ3) is 5.85. The SMILES string of the molecule is C=C(/C=C(/C)ON)NC(=O)Nc1ccc(Oc2ccnc3cc(OC)c(OC)cc23)cc1Cl. The van der Waals surface area contributed by atoms with Gasteiger partial charge in [-0.1, -0.05) is 18.2 Å². The molecule has 172 valence electrons. The van der Waals surface area contributed by atoms with Gasteiger partial charge >= 0.3 is 6.03 Å². The van der Waals surface area contributed by atoms with Gasteiger partial charge in [0.15, 0.2) is 11.5 Å². The molecule has 10 heteroatoms. The van der Waals surface area contributed by atoms with Crippen LogP contribution in [0.3, 0.4) is 0 Å². The highest BCUT2D eigenvalue weighted by molar-refractivity contribution is 6.33. The number of allylic oxidation sites excluding steroid dienone is 2. The van der Waals surface area contributed by atoms with Gasteiger partial charge in [0, 0.05) is 35.5 Å². The molecule has 3 aromatic rings. The van der Waals surface area contributed by atoms with Gasteiger partial charge in [0.05, 0.1) is 30.4 Å². The molecule has 0 aliphatic heterocycles. The third-order valence-electron chi connectivity index (χ3n) is 4.46. The van der Waals surface area contributed by atoms with E-state index in [4.69, 9.17) is 31.7 Å². The average Bonchev–Trinajstić information content (AvgIpc) is 2.79. The highest BCUT2D eigenvalue weighted by Crippen LogP contribution is 2.37. The molecule has 0 saturated carbocycles. The average molecular weight is 471 g/mol. The summed E-state index contributed by atoms with van der Waals surface area (Å²) in [6, 6.07) is 9.64. The van der Waals surface area contributed by atoms with Crippen molar-refractivity contribution in [3.8, 4) is 23.0 Å². The van der Waals surface area contributed by atoms with Crippen LogP contribution in [0.25, 0.3) is 10.9 Å². The van der Waals surface area contributed by atoms with Crippen molar-refractivity contribution in [2.24, 2.45) is 5.90 Å². The molecule has 1 heterocycles. The Balaban J connectivity index is 1.77. The van der Waals surface area contributed by atoms with E-state index in [1.807, 2.05) is 0 Å². The highest BCUT2D eigenvalue weighted by Gasteiger charge is 2.13. The van der Waals surface area contributed by atoms with Crippen LogP contribution in [0.4, 0.5) is 10.5 Å². The van der Waals surface area contributed by atoms with Crippen molar-refractivity contribution in [2.75, 3.05) is 19.5 Å². The van der Waals surface area contributed by atoms with Crippen LogP contribution in [0.5, 0.6) is 23.0 Å². The van der Waals surface area contributed by atoms with Crippen molar-refractivity contribution in [2.45, 2.75) is 6.92 Å². The van der Waals surface area contributed by atoms with Crippen LogP contribution < -0.4 is 30.7 Å². The summed E-state index contributed by atoms with van der Waals surface area (Å²) >= 11 is 6.35. The number of halogens is 1. The minimum Gasteiger partial charge on any atom is -0.493 e. The van der Waals surface area contributed by atoms with Crippen molar-refractivity contribution >= 4 is 34.2 Å². The molecule has 0 unspecified atom stereocenters. The predicted molar refractivity (Wildman–Crippen MR) is 127 cm³/mol. The molecular formula is C23H23ClN4O5. The van der Waals surface area contributed by atoms with E-state index in [9.17, 15) is 4.79 Å². The van der Waals surface area contributed by atoms with Crippen LogP contribution in [0.2, 0.25) is 5.02 Å². The van der Waals surface area contributed by atoms with Gasteiger partial charge < -0.3 is 29.7 Å². The second-order valence-corrected chi connectivity index (χ2v) is 7.16. The Labute approximate surface area is 195 Å². The van der Waals surface area contributed by atoms with Gasteiger partial charge in [0.25, 0.3) is 0 Å². The largest absolute Gasteiger partial charge is 0.493 e. The van der Waals surface area contributed by atoms with E-state index in [1.165, 1.54) is 6.08 Å². The first-order valence-corrected chi connectivity index (χ1v) is 10.0. The van der Waals surface area contributed by atoms with E-state index >= 15 is 0 Å². The van der Waals surface area contributed by atoms with E-state index in [1.54, 1.807) is 63.7 Å². The number of pyridine rings is 1. The van der Waals surface area contributed by atoms with E-state index in [2.05, 4.69) is 27.0 Å². The number of benzene rings is 2. The number of carbonyl (C=O) groups excluding carboxylic acids is 1. The van der Waals surface area contributed by atoms with Gasteiger partial charge in [0.2, 0.25) is 0 Å². The van der Waals surface area contributed by atoms with Gasteiger partial charge in [-0.25, -0.2) is 4.79 Å². The third-order valence-corrected chi connectivity index (χ3v) is 4.77. The Kier molecular flexibility index (Phi) is 7.60. The maximum absolute atomic E-state index is 12.2. The van der Waals surface area contributed by atoms with E-state index < -0.39 is 6.03 Å². The van der Waals surface area contributed by atoms with Crippen LogP contribution in [0.15, 0.2) is 66.7 Å². The first-order chi connectivity index (χ1) is 15.8. The first kappa shape index (κ1) is 23.7. The summed E-state index contributed by atoms with van der Waals surface area (Å²) in [5, 5.41) is 6.19. The molecule has 0 aliphatic carbocycles. The van der Waals surface area contributed by atoms with Crippen LogP contribution >= 0.6 is 11.6 Å². The van der Waals surface area contributed by atoms with E-state index in [0.717, 1.165) is 5.39 Å². The summed E-state index contributed by atoms with van der Waals surface area (Å²) < 4.78 is 16.7. The molecule has 0 atom stereocenters. The number of amides is 2. The standard InChI is InChI=1S/C23H23ClN4O5/c1-13(9-14(2)33-25)27-23(29)28-18-6-5-15(10-17(18)24)32-20-7-8-26-19-12-22(31-4)21(30-3)11-16(19)20/h5-12H,1,25H2,2-4H3,(H2,27,28,29)/b14-9-. The first-order valence-electron chi connectivity index (χ1n) is 9.64. The molecule has 2 aromatic carbocycles. The molecule has 0 bridgehead atoms. The minimum atomic E-state index is -0.530. The molecule has 3 rings (SSSR count). The van der Waals surface area contributed by atoms with Crippen LogP contribution in [-0.4, -0.2) is 25.2 Å². The topological polar surface area (TPSA) is 117 Å². The number of anilines is 1. The summed E-state index contributed by atoms with van der Waals surface area (Å²) in [5.41, 5.74) is 1.36. The molecule has 0 fully saturated rings. The summed E-state index contributed by atoms with van der Waals surface area (Å²) in [6.45, 7) is 5.32. The number of aromatic nitrogens is 1. The van der Waals surface area contributed by atoms with Gasteiger partial charge in [-0.15, -0.1) is 0 Å². The summed E-state index contributed by atoms with van der Waals surface area (Å²) in [7, 11) is 3.12. The number of urea groups is 1. The molecule has 2 amide bonds. The monoisotopic (exact) mass is 470 g/mol. The zero-order chi connectivity index (χ0) is 24.0. The van der Waals surface area contributed by atoms with Gasteiger partial charge in [-0.05, 0) is 31.2 Å². The maximum Gasteiger partial charge on any atom is 0.323 e. The number of nitrogens with one attached hydrogen (secondary N) is 2. The van der Waals surface area contributed by atoms with Crippen LogP contribution in [0, 0.1) is 0 Å². The number of ether oxygens (including phenoxy) is 3. The summed E-state index contributed by atoms with van der Waals surface area (Å²) in [5.74, 6) is 7.57. The molecular weight excluding hydrogens is 448 g/mol. The van der Waals surface area contributed by atoms with Crippen molar-refractivity contribution in [3.05, 3.63) is 71.7 Å². The van der Waals surface area contributed by atoms with Crippen molar-refractivity contribution in [3.63, 3.8) is 0 Å². The predicted octanol–water partition coefficient (Wildman–Crippen LogP) is 5.13. The molecule has 0 aliphatic rings. The van der Waals surface area contributed by atoms with Crippen LogP contribution in [0.1, 0.15) is 6.92 Å². The lowest BCUT2D eigenvalue weighted by molar-refractivity contribution is 0.222. The maximum atomic E-state index is 12.2. The number of nitrogens with zero attached hydrogens (tertiary/aromatic N) is 1. The number of methoxy groups -OCH3 is 2. The zero-order valence-electron chi connectivity index (χ0n) is 18.3. The number of fused-ring (bicyclic) bond motifs is 1. The molecule has 0 spiro atoms. The van der Waals surface area contributed by atoms with Crippen LogP contribution in [-0.2, 0) is 4.84 Å². The highest BCUT2D eigenvalue weighted by atomic mass is 35.5. The number of rotatable bonds is 8. The number of carbonyl (C=O) groups is 1. The summed E-state index contributed by atoms with van der Waals surface area (Å²) in [6.07, 6.45) is 3.10. The van der Waals surface area contributed by atoms with E-state index in [-0.39, 0.29) is 5.02 Å². The zero-order valence-corrected chi connectivity index (χ0v) is 19.0. The lowest BCUT2D eigenvalue weighted by Crippen LogP contribution is -2.27. The van der Waals surface area contributed by atoms with Gasteiger partial charge in [0.1, 0.15) is 17.3 Å². The quantitative estimate of drug-likeness (QED) is 0.237. The smallest absolute Gasteiger partial charge is 0.323 e. The van der Waals surface area contributed by atoms with Crippen molar-refractivity contribution in [1.29, 1.82) is 0 Å². The van der Waals surface area contributed by atoms with Crippen molar-refractivity contribution in [1.82, 2.24) is 10.3 Å². The number of hydrogen-bond donors (Lipinski definition) is 3. The minimum absolute atomic E-state index is 0.280. The molecule has 0 saturated heterocycles. The fraction of sp³-hybridized carbons (Fsp3) is 0.130. The Morgan fingerprint density at radius 3 is 2.52 bits per heavy atom. The fourth-order valence-electron chi connectivity index (χ4n) is 2.94. The van der Waals surface area contributed by atoms with Crippen molar-refractivity contribution < 1.29 is 23.8 Å². The molecule has 1 aromatic heterocycles. The molecule has 33 heavy (non-hydrogen) atoms. The lowest BCUT2D eigenvalue weighted by atomic mass is 10.2. The molecule has 4 N–H and O–H groups in total. The van der Waals surface area contributed by atoms with E-state index in [0.29, 0.717) is 45.7 Å². The Bertz CT molecular complexity index is 1230. The van der Waals surface area contributed by atoms with Gasteiger partial charge in [-0.2, -0.15) is 5.90 Å².